The summed E-state index contributed by atoms with van der Waals surface area (Å²) in [4.78, 5) is 21.5. The summed E-state index contributed by atoms with van der Waals surface area (Å²) in [6, 6.07) is 9.33. The lowest BCUT2D eigenvalue weighted by Gasteiger charge is -2.25. The molecule has 0 bridgehead atoms. The lowest BCUT2D eigenvalue weighted by molar-refractivity contribution is -0.0608. The fourth-order valence-electron chi connectivity index (χ4n) is 3.98. The molecule has 1 aliphatic rings. The molecule has 0 amide bonds. The number of aryl methyl sites for hydroxylation is 1. The Morgan fingerprint density at radius 1 is 1.17 bits per heavy atom. The van der Waals surface area contributed by atoms with Crippen molar-refractivity contribution in [1.29, 1.82) is 0 Å². The predicted octanol–water partition coefficient (Wildman–Crippen LogP) is 3.95. The Bertz CT molecular complexity index is 1380. The van der Waals surface area contributed by atoms with E-state index in [1.807, 2.05) is 49.1 Å². The van der Waals surface area contributed by atoms with Crippen LogP contribution in [0.5, 0.6) is 5.75 Å². The summed E-state index contributed by atoms with van der Waals surface area (Å²) < 4.78 is 14.7. The van der Waals surface area contributed by atoms with Gasteiger partial charge >= 0.3 is 0 Å². The van der Waals surface area contributed by atoms with Crippen LogP contribution in [-0.4, -0.2) is 55.1 Å². The van der Waals surface area contributed by atoms with E-state index in [0.717, 1.165) is 18.6 Å². The number of para-hydroxylation sites is 1. The van der Waals surface area contributed by atoms with E-state index >= 15 is 0 Å². The molecule has 11 nitrogen and oxygen atoms in total. The fraction of sp³-hybridized carbons (Fsp3) is 0.320. The van der Waals surface area contributed by atoms with Gasteiger partial charge in [0.05, 0.1) is 42.3 Å². The normalized spacial score (nSPS) is 14.8. The van der Waals surface area contributed by atoms with Crippen LogP contribution in [0.25, 0.3) is 11.4 Å². The molecule has 4 heterocycles. The molecule has 1 saturated heterocycles. The van der Waals surface area contributed by atoms with Crippen molar-refractivity contribution in [3.05, 3.63) is 54.6 Å². The zero-order chi connectivity index (χ0) is 25.1. The minimum absolute atomic E-state index is 0.0251. The van der Waals surface area contributed by atoms with Gasteiger partial charge in [-0.1, -0.05) is 13.0 Å². The molecule has 1 aromatic carbocycles. The SMILES string of the molecule is CCC(=O)c1cnc(Nc2ccn(CC3CCO3)n2)cc1Nc1cccc(-c2ncn(C)n2)c1OC. The van der Waals surface area contributed by atoms with E-state index < -0.39 is 0 Å². The summed E-state index contributed by atoms with van der Waals surface area (Å²) in [6.07, 6.45) is 6.73. The lowest BCUT2D eigenvalue weighted by Crippen LogP contribution is -2.31. The van der Waals surface area contributed by atoms with Gasteiger partial charge in [0, 0.05) is 44.6 Å². The summed E-state index contributed by atoms with van der Waals surface area (Å²) in [5.41, 5.74) is 2.50. The Balaban J connectivity index is 1.44. The molecular formula is C25H28N8O3. The summed E-state index contributed by atoms with van der Waals surface area (Å²) in [5, 5.41) is 15.5. The summed E-state index contributed by atoms with van der Waals surface area (Å²) in [7, 11) is 3.40. The first-order chi connectivity index (χ1) is 17.5. The first-order valence-electron chi connectivity index (χ1n) is 11.8. The highest BCUT2D eigenvalue weighted by molar-refractivity contribution is 6.02. The number of nitrogens with zero attached hydrogens (tertiary/aromatic N) is 6. The van der Waals surface area contributed by atoms with Crippen LogP contribution in [-0.2, 0) is 18.3 Å². The summed E-state index contributed by atoms with van der Waals surface area (Å²) in [5.74, 6) is 2.30. The standard InChI is InChI=1S/C25H28N8O3/c1-4-21(34)18-13-26-23(29-22-8-10-33(30-22)14-16-9-11-36-16)12-20(18)28-19-7-5-6-17(24(19)35-3)25-27-15-32(2)31-25/h5-8,10,12-13,15-16H,4,9,11,14H2,1-3H3,(H2,26,28,29,30). The third kappa shape index (κ3) is 4.91. The molecule has 3 aromatic heterocycles. The molecule has 11 heteroatoms. The molecule has 4 aromatic rings. The number of rotatable bonds is 10. The van der Waals surface area contributed by atoms with Gasteiger partial charge in [-0.15, -0.1) is 0 Å². The topological polar surface area (TPSA) is 121 Å². The van der Waals surface area contributed by atoms with E-state index in [1.165, 1.54) is 0 Å². The van der Waals surface area contributed by atoms with Crippen LogP contribution < -0.4 is 15.4 Å². The van der Waals surface area contributed by atoms with Gasteiger partial charge in [-0.05, 0) is 18.6 Å². The maximum Gasteiger partial charge on any atom is 0.184 e. The van der Waals surface area contributed by atoms with Gasteiger partial charge in [-0.3, -0.25) is 14.2 Å². The number of ether oxygens (including phenoxy) is 2. The van der Waals surface area contributed by atoms with Crippen LogP contribution in [0, 0.1) is 0 Å². The largest absolute Gasteiger partial charge is 0.494 e. The number of ketones is 1. The number of pyridine rings is 1. The van der Waals surface area contributed by atoms with Crippen molar-refractivity contribution in [2.45, 2.75) is 32.4 Å². The highest BCUT2D eigenvalue weighted by Gasteiger charge is 2.20. The molecule has 186 valence electrons. The molecule has 1 unspecified atom stereocenters. The number of aromatic nitrogens is 6. The van der Waals surface area contributed by atoms with Gasteiger partial charge in [0.15, 0.2) is 23.2 Å². The zero-order valence-electron chi connectivity index (χ0n) is 20.4. The van der Waals surface area contributed by atoms with Gasteiger partial charge < -0.3 is 20.1 Å². The number of carbonyl (C=O) groups is 1. The average Bonchev–Trinajstić information content (AvgIpc) is 3.49. The molecule has 5 rings (SSSR count). The molecule has 0 radical (unpaired) electrons. The van der Waals surface area contributed by atoms with Gasteiger partial charge in [0.1, 0.15) is 12.1 Å². The van der Waals surface area contributed by atoms with Crippen molar-refractivity contribution in [1.82, 2.24) is 29.5 Å². The molecule has 1 fully saturated rings. The quantitative estimate of drug-likeness (QED) is 0.320. The predicted molar refractivity (Wildman–Crippen MR) is 135 cm³/mol. The van der Waals surface area contributed by atoms with E-state index in [4.69, 9.17) is 9.47 Å². The number of nitrogens with one attached hydrogen (secondary N) is 2. The van der Waals surface area contributed by atoms with E-state index in [2.05, 4.69) is 30.8 Å². The minimum atomic E-state index is -0.0251. The monoisotopic (exact) mass is 488 g/mol. The Morgan fingerprint density at radius 2 is 2.03 bits per heavy atom. The number of methoxy groups -OCH3 is 1. The molecular weight excluding hydrogens is 460 g/mol. The second kappa shape index (κ2) is 10.2. The van der Waals surface area contributed by atoms with Crippen molar-refractivity contribution in [2.24, 2.45) is 7.05 Å². The number of anilines is 4. The molecule has 36 heavy (non-hydrogen) atoms. The molecule has 0 spiro atoms. The fourth-order valence-corrected chi connectivity index (χ4v) is 3.98. The van der Waals surface area contributed by atoms with Crippen LogP contribution in [0.15, 0.2) is 49.1 Å². The molecule has 2 N–H and O–H groups in total. The second-order valence-corrected chi connectivity index (χ2v) is 8.47. The maximum atomic E-state index is 12.7. The van der Waals surface area contributed by atoms with Crippen molar-refractivity contribution in [3.8, 4) is 17.1 Å². The average molecular weight is 489 g/mol. The third-order valence-corrected chi connectivity index (χ3v) is 5.94. The summed E-state index contributed by atoms with van der Waals surface area (Å²) >= 11 is 0. The highest BCUT2D eigenvalue weighted by atomic mass is 16.5. The second-order valence-electron chi connectivity index (χ2n) is 8.47. The van der Waals surface area contributed by atoms with Crippen molar-refractivity contribution >= 4 is 28.8 Å². The first-order valence-corrected chi connectivity index (χ1v) is 11.8. The minimum Gasteiger partial charge on any atom is -0.494 e. The Labute approximate surface area is 208 Å². The summed E-state index contributed by atoms with van der Waals surface area (Å²) in [6.45, 7) is 3.35. The smallest absolute Gasteiger partial charge is 0.184 e. The van der Waals surface area contributed by atoms with E-state index in [-0.39, 0.29) is 11.9 Å². The van der Waals surface area contributed by atoms with Crippen molar-refractivity contribution < 1.29 is 14.3 Å². The lowest BCUT2D eigenvalue weighted by atomic mass is 10.1. The van der Waals surface area contributed by atoms with Gasteiger partial charge in [-0.25, -0.2) is 9.97 Å². The van der Waals surface area contributed by atoms with Crippen LogP contribution >= 0.6 is 0 Å². The van der Waals surface area contributed by atoms with Gasteiger partial charge in [-0.2, -0.15) is 10.2 Å². The third-order valence-electron chi connectivity index (χ3n) is 5.94. The van der Waals surface area contributed by atoms with Crippen molar-refractivity contribution in [2.75, 3.05) is 24.4 Å². The number of Topliss-reactive ketones (excluding diaryl/α,β-unsaturated/α-hetero) is 1. The Hall–Kier alpha value is -4.25. The Morgan fingerprint density at radius 3 is 2.72 bits per heavy atom. The Kier molecular flexibility index (Phi) is 6.63. The highest BCUT2D eigenvalue weighted by Crippen LogP contribution is 2.37. The molecule has 0 aliphatic carbocycles. The number of hydrogen-bond acceptors (Lipinski definition) is 9. The first kappa shape index (κ1) is 23.5. The van der Waals surface area contributed by atoms with Crippen LogP contribution in [0.1, 0.15) is 30.1 Å². The maximum absolute atomic E-state index is 12.7. The van der Waals surface area contributed by atoms with E-state index in [0.29, 0.717) is 53.1 Å². The van der Waals surface area contributed by atoms with E-state index in [1.54, 1.807) is 30.4 Å². The zero-order valence-corrected chi connectivity index (χ0v) is 20.4. The van der Waals surface area contributed by atoms with E-state index in [9.17, 15) is 4.79 Å². The van der Waals surface area contributed by atoms with Crippen LogP contribution in [0.2, 0.25) is 0 Å². The number of hydrogen-bond donors (Lipinski definition) is 2. The number of benzene rings is 1. The van der Waals surface area contributed by atoms with Gasteiger partial charge in [0.2, 0.25) is 0 Å². The van der Waals surface area contributed by atoms with Crippen molar-refractivity contribution in [3.63, 3.8) is 0 Å². The number of carbonyl (C=O) groups excluding carboxylic acids is 1. The van der Waals surface area contributed by atoms with Crippen LogP contribution in [0.4, 0.5) is 23.0 Å². The molecule has 1 atom stereocenters. The molecule has 0 saturated carbocycles. The molecule has 1 aliphatic heterocycles. The van der Waals surface area contributed by atoms with Gasteiger partial charge in [0.25, 0.3) is 0 Å². The van der Waals surface area contributed by atoms with Crippen LogP contribution in [0.3, 0.4) is 0 Å².